The second-order valence-electron chi connectivity index (χ2n) is 4.16. The summed E-state index contributed by atoms with van der Waals surface area (Å²) >= 11 is 0. The van der Waals surface area contributed by atoms with E-state index in [1.165, 1.54) is 0 Å². The van der Waals surface area contributed by atoms with Gasteiger partial charge in [0.1, 0.15) is 5.54 Å². The zero-order valence-corrected chi connectivity index (χ0v) is 10.3. The second-order valence-corrected chi connectivity index (χ2v) is 4.16. The van der Waals surface area contributed by atoms with Gasteiger partial charge in [-0.2, -0.15) is 0 Å². The number of hydrogen-bond donors (Lipinski definition) is 3. The Balaban J connectivity index is 0.00000144. The molecule has 1 heterocycles. The van der Waals surface area contributed by atoms with Crippen molar-refractivity contribution < 1.29 is 9.90 Å². The fourth-order valence-electron chi connectivity index (χ4n) is 2.05. The van der Waals surface area contributed by atoms with Gasteiger partial charge in [-0.15, -0.1) is 12.4 Å². The van der Waals surface area contributed by atoms with Crippen molar-refractivity contribution in [1.82, 2.24) is 5.32 Å². The SMILES string of the molecule is Cl.O=C(O)C1(Nc2ccccc2)CCCNC1. The quantitative estimate of drug-likeness (QED) is 0.771. The summed E-state index contributed by atoms with van der Waals surface area (Å²) in [6.07, 6.45) is 1.54. The number of anilines is 1. The van der Waals surface area contributed by atoms with Crippen molar-refractivity contribution in [2.45, 2.75) is 18.4 Å². The van der Waals surface area contributed by atoms with Crippen LogP contribution in [0.1, 0.15) is 12.8 Å². The van der Waals surface area contributed by atoms with Crippen LogP contribution in [0.3, 0.4) is 0 Å². The van der Waals surface area contributed by atoms with Crippen LogP contribution in [0.25, 0.3) is 0 Å². The van der Waals surface area contributed by atoms with E-state index in [4.69, 9.17) is 0 Å². The standard InChI is InChI=1S/C12H16N2O2.ClH/c15-11(16)12(7-4-8-13-9-12)14-10-5-2-1-3-6-10;/h1-3,5-6,13-14H,4,7-9H2,(H,15,16);1H. The Hall–Kier alpha value is -1.26. The molecule has 0 aromatic heterocycles. The van der Waals surface area contributed by atoms with Gasteiger partial charge in [0.15, 0.2) is 0 Å². The number of benzene rings is 1. The van der Waals surface area contributed by atoms with Crippen LogP contribution in [0.2, 0.25) is 0 Å². The number of carbonyl (C=O) groups is 1. The summed E-state index contributed by atoms with van der Waals surface area (Å²) in [5, 5.41) is 15.6. The van der Waals surface area contributed by atoms with Crippen molar-refractivity contribution >= 4 is 24.1 Å². The summed E-state index contributed by atoms with van der Waals surface area (Å²) < 4.78 is 0. The molecule has 0 saturated carbocycles. The maximum atomic E-state index is 11.4. The summed E-state index contributed by atoms with van der Waals surface area (Å²) in [6.45, 7) is 1.36. The summed E-state index contributed by atoms with van der Waals surface area (Å²) in [5.41, 5.74) is -0.00632. The molecule has 5 heteroatoms. The lowest BCUT2D eigenvalue weighted by atomic mass is 9.90. The summed E-state index contributed by atoms with van der Waals surface area (Å²) in [5.74, 6) is -0.788. The molecule has 1 saturated heterocycles. The van der Waals surface area contributed by atoms with Gasteiger partial charge in [0.25, 0.3) is 0 Å². The smallest absolute Gasteiger partial charge is 0.330 e. The van der Waals surface area contributed by atoms with Crippen molar-refractivity contribution in [3.05, 3.63) is 30.3 Å². The fraction of sp³-hybridized carbons (Fsp3) is 0.417. The fourth-order valence-corrected chi connectivity index (χ4v) is 2.05. The Morgan fingerprint density at radius 2 is 2.06 bits per heavy atom. The van der Waals surface area contributed by atoms with Gasteiger partial charge in [0, 0.05) is 12.2 Å². The van der Waals surface area contributed by atoms with Crippen molar-refractivity contribution in [3.8, 4) is 0 Å². The number of para-hydroxylation sites is 1. The first-order valence-corrected chi connectivity index (χ1v) is 5.50. The molecule has 1 aliphatic heterocycles. The number of carboxylic acid groups (broad SMARTS) is 1. The maximum Gasteiger partial charge on any atom is 0.330 e. The van der Waals surface area contributed by atoms with Crippen molar-refractivity contribution in [1.29, 1.82) is 0 Å². The van der Waals surface area contributed by atoms with Crippen LogP contribution in [-0.2, 0) is 4.79 Å². The summed E-state index contributed by atoms with van der Waals surface area (Å²) in [4.78, 5) is 11.4. The lowest BCUT2D eigenvalue weighted by Gasteiger charge is -2.35. The third-order valence-electron chi connectivity index (χ3n) is 2.95. The number of piperidine rings is 1. The first-order valence-electron chi connectivity index (χ1n) is 5.50. The number of hydrogen-bond acceptors (Lipinski definition) is 3. The van der Waals surface area contributed by atoms with Crippen molar-refractivity contribution in [3.63, 3.8) is 0 Å². The molecule has 94 valence electrons. The van der Waals surface area contributed by atoms with E-state index in [2.05, 4.69) is 10.6 Å². The van der Waals surface area contributed by atoms with Crippen LogP contribution >= 0.6 is 12.4 Å². The van der Waals surface area contributed by atoms with Gasteiger partial charge >= 0.3 is 5.97 Å². The predicted octanol–water partition coefficient (Wildman–Crippen LogP) is 1.73. The van der Waals surface area contributed by atoms with E-state index in [-0.39, 0.29) is 12.4 Å². The molecule has 1 aromatic rings. The molecule has 1 fully saturated rings. The maximum absolute atomic E-state index is 11.4. The largest absolute Gasteiger partial charge is 0.479 e. The topological polar surface area (TPSA) is 61.4 Å². The summed E-state index contributed by atoms with van der Waals surface area (Å²) in [6, 6.07) is 9.48. The molecule has 1 aromatic carbocycles. The van der Waals surface area contributed by atoms with Crippen LogP contribution in [-0.4, -0.2) is 29.7 Å². The van der Waals surface area contributed by atoms with E-state index in [9.17, 15) is 9.90 Å². The average molecular weight is 257 g/mol. The molecule has 1 unspecified atom stereocenters. The molecular formula is C12H17ClN2O2. The first kappa shape index (κ1) is 13.8. The number of rotatable bonds is 3. The van der Waals surface area contributed by atoms with E-state index in [0.717, 1.165) is 18.7 Å². The third kappa shape index (κ3) is 3.11. The van der Waals surface area contributed by atoms with Gasteiger partial charge in [0.2, 0.25) is 0 Å². The number of aliphatic carboxylic acids is 1. The lowest BCUT2D eigenvalue weighted by Crippen LogP contribution is -2.56. The Kier molecular flexibility index (Phi) is 4.78. The minimum absolute atomic E-state index is 0. The third-order valence-corrected chi connectivity index (χ3v) is 2.95. The molecule has 1 aliphatic rings. The van der Waals surface area contributed by atoms with E-state index in [1.807, 2.05) is 30.3 Å². The van der Waals surface area contributed by atoms with E-state index in [1.54, 1.807) is 0 Å². The molecule has 0 radical (unpaired) electrons. The normalized spacial score (nSPS) is 23.5. The van der Waals surface area contributed by atoms with E-state index in [0.29, 0.717) is 13.0 Å². The zero-order chi connectivity index (χ0) is 11.4. The Morgan fingerprint density at radius 3 is 2.59 bits per heavy atom. The number of carboxylic acids is 1. The minimum Gasteiger partial charge on any atom is -0.479 e. The highest BCUT2D eigenvalue weighted by molar-refractivity contribution is 5.85. The predicted molar refractivity (Wildman–Crippen MR) is 69.8 cm³/mol. The second kappa shape index (κ2) is 5.89. The Morgan fingerprint density at radius 1 is 1.35 bits per heavy atom. The minimum atomic E-state index is -0.862. The highest BCUT2D eigenvalue weighted by Crippen LogP contribution is 2.22. The van der Waals surface area contributed by atoms with Gasteiger partial charge in [-0.3, -0.25) is 0 Å². The molecule has 0 aliphatic carbocycles. The van der Waals surface area contributed by atoms with Crippen LogP contribution in [0.15, 0.2) is 30.3 Å². The molecule has 1 atom stereocenters. The van der Waals surface area contributed by atoms with Crippen LogP contribution < -0.4 is 10.6 Å². The molecule has 3 N–H and O–H groups in total. The highest BCUT2D eigenvalue weighted by Gasteiger charge is 2.39. The molecule has 0 bridgehead atoms. The van der Waals surface area contributed by atoms with Crippen LogP contribution in [0.5, 0.6) is 0 Å². The summed E-state index contributed by atoms with van der Waals surface area (Å²) in [7, 11) is 0. The lowest BCUT2D eigenvalue weighted by molar-refractivity contribution is -0.142. The number of nitrogens with one attached hydrogen (secondary N) is 2. The monoisotopic (exact) mass is 256 g/mol. The molecule has 0 spiro atoms. The molecular weight excluding hydrogens is 240 g/mol. The van der Waals surface area contributed by atoms with Crippen molar-refractivity contribution in [2.75, 3.05) is 18.4 Å². The number of halogens is 1. The van der Waals surface area contributed by atoms with Gasteiger partial charge in [-0.25, -0.2) is 4.79 Å². The molecule has 0 amide bonds. The zero-order valence-electron chi connectivity index (χ0n) is 9.48. The molecule has 4 nitrogen and oxygen atoms in total. The highest BCUT2D eigenvalue weighted by atomic mass is 35.5. The molecule has 17 heavy (non-hydrogen) atoms. The first-order chi connectivity index (χ1) is 7.73. The van der Waals surface area contributed by atoms with Gasteiger partial charge < -0.3 is 15.7 Å². The van der Waals surface area contributed by atoms with Crippen molar-refractivity contribution in [2.24, 2.45) is 0 Å². The van der Waals surface area contributed by atoms with Crippen LogP contribution in [0, 0.1) is 0 Å². The van der Waals surface area contributed by atoms with E-state index >= 15 is 0 Å². The van der Waals surface area contributed by atoms with Gasteiger partial charge in [-0.05, 0) is 31.5 Å². The van der Waals surface area contributed by atoms with Crippen LogP contribution in [0.4, 0.5) is 5.69 Å². The molecule has 2 rings (SSSR count). The van der Waals surface area contributed by atoms with Gasteiger partial charge in [0.05, 0.1) is 0 Å². The van der Waals surface area contributed by atoms with Gasteiger partial charge in [-0.1, -0.05) is 18.2 Å². The van der Waals surface area contributed by atoms with E-state index < -0.39 is 11.5 Å². The Bertz CT molecular complexity index is 364. The average Bonchev–Trinajstić information content (AvgIpc) is 2.31. The Labute approximate surface area is 107 Å².